The molecule has 1 aliphatic carbocycles. The summed E-state index contributed by atoms with van der Waals surface area (Å²) in [5, 5.41) is 0. The van der Waals surface area contributed by atoms with Gasteiger partial charge in [0.2, 0.25) is 0 Å². The Morgan fingerprint density at radius 3 is 2.62 bits per heavy atom. The summed E-state index contributed by atoms with van der Waals surface area (Å²) in [4.78, 5) is 11.3. The van der Waals surface area contributed by atoms with Crippen LogP contribution >= 0.6 is 0 Å². The van der Waals surface area contributed by atoms with Crippen molar-refractivity contribution in [2.45, 2.75) is 53.1 Å². The summed E-state index contributed by atoms with van der Waals surface area (Å²) >= 11 is 0. The van der Waals surface area contributed by atoms with E-state index in [1.54, 1.807) is 6.92 Å². The van der Waals surface area contributed by atoms with Gasteiger partial charge >= 0.3 is 6.16 Å². The van der Waals surface area contributed by atoms with Crippen LogP contribution in [-0.2, 0) is 9.47 Å². The molecule has 2 unspecified atom stereocenters. The summed E-state index contributed by atoms with van der Waals surface area (Å²) in [6, 6.07) is 0. The summed E-state index contributed by atoms with van der Waals surface area (Å²) in [5.41, 5.74) is 0. The maximum absolute atomic E-state index is 11.3. The molecule has 1 saturated carbocycles. The van der Waals surface area contributed by atoms with Crippen LogP contribution in [0.25, 0.3) is 0 Å². The molecule has 0 N–H and O–H groups in total. The monoisotopic (exact) mass is 227 g/mol. The Morgan fingerprint density at radius 1 is 1.38 bits per heavy atom. The summed E-state index contributed by atoms with van der Waals surface area (Å²) in [6.07, 6.45) is 2.80. The van der Waals surface area contributed by atoms with E-state index in [0.29, 0.717) is 17.8 Å². The predicted octanol–water partition coefficient (Wildman–Crippen LogP) is 3.78. The summed E-state index contributed by atoms with van der Waals surface area (Å²) in [7, 11) is 0. The van der Waals surface area contributed by atoms with E-state index in [1.165, 1.54) is 13.0 Å². The fourth-order valence-electron chi connectivity index (χ4n) is 2.50. The molecule has 1 aliphatic rings. The molecule has 0 aliphatic heterocycles. The SMILES string of the molecule is C[CH]OC(=O)OC1C[C@H](C)CCC1C(C)C. The summed E-state index contributed by atoms with van der Waals surface area (Å²) in [5.74, 6) is 1.66. The van der Waals surface area contributed by atoms with Gasteiger partial charge in [0, 0.05) is 0 Å². The Kier molecular flexibility index (Phi) is 5.10. The zero-order chi connectivity index (χ0) is 12.1. The van der Waals surface area contributed by atoms with Crippen LogP contribution in [-0.4, -0.2) is 12.3 Å². The zero-order valence-corrected chi connectivity index (χ0v) is 10.7. The maximum Gasteiger partial charge on any atom is 0.508 e. The molecule has 0 amide bonds. The minimum atomic E-state index is -0.563. The van der Waals surface area contributed by atoms with Crippen molar-refractivity contribution in [1.82, 2.24) is 0 Å². The number of hydrogen-bond acceptors (Lipinski definition) is 3. The Hall–Kier alpha value is -0.730. The second kappa shape index (κ2) is 6.12. The molecule has 16 heavy (non-hydrogen) atoms. The first kappa shape index (κ1) is 13.3. The third-order valence-electron chi connectivity index (χ3n) is 3.42. The largest absolute Gasteiger partial charge is 0.508 e. The predicted molar refractivity (Wildman–Crippen MR) is 62.7 cm³/mol. The van der Waals surface area contributed by atoms with Gasteiger partial charge in [-0.2, -0.15) is 0 Å². The fourth-order valence-corrected chi connectivity index (χ4v) is 2.50. The van der Waals surface area contributed by atoms with E-state index in [-0.39, 0.29) is 6.10 Å². The molecule has 0 aromatic rings. The molecule has 0 bridgehead atoms. The first-order chi connectivity index (χ1) is 7.54. The molecule has 3 heteroatoms. The van der Waals surface area contributed by atoms with Gasteiger partial charge < -0.3 is 9.47 Å². The lowest BCUT2D eigenvalue weighted by molar-refractivity contribution is -0.0238. The second-order valence-corrected chi connectivity index (χ2v) is 5.09. The molecule has 0 aromatic heterocycles. The molecule has 3 nitrogen and oxygen atoms in total. The number of rotatable bonds is 3. The van der Waals surface area contributed by atoms with Crippen LogP contribution < -0.4 is 0 Å². The van der Waals surface area contributed by atoms with Gasteiger partial charge in [-0.05, 0) is 37.5 Å². The van der Waals surface area contributed by atoms with Crippen LogP contribution in [0.5, 0.6) is 0 Å². The maximum atomic E-state index is 11.3. The molecule has 93 valence electrons. The minimum absolute atomic E-state index is 0.0243. The highest BCUT2D eigenvalue weighted by Crippen LogP contribution is 2.35. The van der Waals surface area contributed by atoms with Crippen LogP contribution in [0.2, 0.25) is 0 Å². The lowest BCUT2D eigenvalue weighted by Gasteiger charge is -2.36. The van der Waals surface area contributed by atoms with E-state index in [2.05, 4.69) is 20.8 Å². The first-order valence-corrected chi connectivity index (χ1v) is 6.19. The van der Waals surface area contributed by atoms with Crippen molar-refractivity contribution in [3.8, 4) is 0 Å². The smallest absolute Gasteiger partial charge is 0.431 e. The standard InChI is InChI=1S/C13H23O3/c1-5-15-13(14)16-12-8-10(4)6-7-11(12)9(2)3/h5,9-12H,6-8H2,1-4H3/t10-,11?,12?/m1/s1. The third kappa shape index (κ3) is 3.69. The highest BCUT2D eigenvalue weighted by molar-refractivity contribution is 5.60. The van der Waals surface area contributed by atoms with E-state index in [9.17, 15) is 4.79 Å². The molecule has 3 atom stereocenters. The van der Waals surface area contributed by atoms with Crippen molar-refractivity contribution in [1.29, 1.82) is 0 Å². The normalized spacial score (nSPS) is 30.2. The Morgan fingerprint density at radius 2 is 2.06 bits per heavy atom. The quantitative estimate of drug-likeness (QED) is 0.688. The average Bonchev–Trinajstić information content (AvgIpc) is 2.17. The van der Waals surface area contributed by atoms with E-state index < -0.39 is 6.16 Å². The van der Waals surface area contributed by atoms with Crippen LogP contribution in [0.1, 0.15) is 47.0 Å². The van der Waals surface area contributed by atoms with Crippen molar-refractivity contribution in [3.63, 3.8) is 0 Å². The molecule has 1 fully saturated rings. The molecule has 0 heterocycles. The second-order valence-electron chi connectivity index (χ2n) is 5.09. The Balaban J connectivity index is 2.54. The summed E-state index contributed by atoms with van der Waals surface area (Å²) in [6.45, 7) is 9.62. The number of hydrogen-bond donors (Lipinski definition) is 0. The van der Waals surface area contributed by atoms with E-state index in [4.69, 9.17) is 9.47 Å². The van der Waals surface area contributed by atoms with E-state index in [1.807, 2.05) is 0 Å². The Bertz CT molecular complexity index is 225. The topological polar surface area (TPSA) is 35.5 Å². The highest BCUT2D eigenvalue weighted by atomic mass is 16.7. The lowest BCUT2D eigenvalue weighted by Crippen LogP contribution is -2.35. The first-order valence-electron chi connectivity index (χ1n) is 6.19. The Labute approximate surface area is 98.5 Å². The van der Waals surface area contributed by atoms with Crippen LogP contribution in [0, 0.1) is 24.4 Å². The molecule has 1 radical (unpaired) electrons. The van der Waals surface area contributed by atoms with Gasteiger partial charge in [-0.25, -0.2) is 4.79 Å². The van der Waals surface area contributed by atoms with Gasteiger partial charge in [0.05, 0.1) is 0 Å². The van der Waals surface area contributed by atoms with E-state index >= 15 is 0 Å². The van der Waals surface area contributed by atoms with E-state index in [0.717, 1.165) is 12.8 Å². The summed E-state index contributed by atoms with van der Waals surface area (Å²) < 4.78 is 10.1. The zero-order valence-electron chi connectivity index (χ0n) is 10.7. The molecule has 0 spiro atoms. The minimum Gasteiger partial charge on any atom is -0.431 e. The van der Waals surface area contributed by atoms with Gasteiger partial charge in [-0.15, -0.1) is 0 Å². The highest BCUT2D eigenvalue weighted by Gasteiger charge is 2.33. The van der Waals surface area contributed by atoms with Crippen LogP contribution in [0.4, 0.5) is 4.79 Å². The molecular formula is C13H23O3. The molecule has 1 rings (SSSR count). The molecule has 0 saturated heterocycles. The number of carbonyl (C=O) groups is 1. The molecule has 0 aromatic carbocycles. The average molecular weight is 227 g/mol. The van der Waals surface area contributed by atoms with Crippen molar-refractivity contribution in [2.75, 3.05) is 0 Å². The van der Waals surface area contributed by atoms with Gasteiger partial charge in [0.1, 0.15) is 12.7 Å². The van der Waals surface area contributed by atoms with Gasteiger partial charge in [-0.1, -0.05) is 27.2 Å². The van der Waals surface area contributed by atoms with Crippen molar-refractivity contribution in [3.05, 3.63) is 6.61 Å². The van der Waals surface area contributed by atoms with Gasteiger partial charge in [0.15, 0.2) is 0 Å². The van der Waals surface area contributed by atoms with Gasteiger partial charge in [-0.3, -0.25) is 0 Å². The third-order valence-corrected chi connectivity index (χ3v) is 3.42. The van der Waals surface area contributed by atoms with Crippen LogP contribution in [0.3, 0.4) is 0 Å². The molecular weight excluding hydrogens is 204 g/mol. The van der Waals surface area contributed by atoms with Crippen LogP contribution in [0.15, 0.2) is 0 Å². The lowest BCUT2D eigenvalue weighted by atomic mass is 9.75. The van der Waals surface area contributed by atoms with Crippen molar-refractivity contribution < 1.29 is 14.3 Å². The fraction of sp³-hybridized carbons (Fsp3) is 0.846. The van der Waals surface area contributed by atoms with Crippen molar-refractivity contribution >= 4 is 6.16 Å². The number of carbonyl (C=O) groups excluding carboxylic acids is 1. The van der Waals surface area contributed by atoms with Crippen molar-refractivity contribution in [2.24, 2.45) is 17.8 Å². The van der Waals surface area contributed by atoms with Gasteiger partial charge in [0.25, 0.3) is 0 Å². The number of ether oxygens (including phenoxy) is 2.